The number of hydrogen-bond donors (Lipinski definition) is 2. The molecule has 126 valence electrons. The molecule has 2 fully saturated rings. The number of amides is 3. The maximum absolute atomic E-state index is 12.7. The van der Waals surface area contributed by atoms with Crippen molar-refractivity contribution in [3.05, 3.63) is 29.8 Å². The fourth-order valence-corrected chi connectivity index (χ4v) is 2.98. The molecule has 24 heavy (non-hydrogen) atoms. The van der Waals surface area contributed by atoms with Crippen LogP contribution in [-0.2, 0) is 14.4 Å². The Kier molecular flexibility index (Phi) is 4.20. The van der Waals surface area contributed by atoms with Crippen molar-refractivity contribution in [3.63, 3.8) is 0 Å². The first-order chi connectivity index (χ1) is 11.5. The van der Waals surface area contributed by atoms with Crippen molar-refractivity contribution in [2.75, 3.05) is 31.1 Å². The van der Waals surface area contributed by atoms with Gasteiger partial charge in [0.15, 0.2) is 0 Å². The molecule has 0 aromatic heterocycles. The summed E-state index contributed by atoms with van der Waals surface area (Å²) in [4.78, 5) is 50.3. The molecule has 0 spiro atoms. The van der Waals surface area contributed by atoms with E-state index in [1.165, 1.54) is 9.80 Å². The highest BCUT2D eigenvalue weighted by molar-refractivity contribution is 6.07. The highest BCUT2D eigenvalue weighted by atomic mass is 16.4. The molecule has 1 aromatic carbocycles. The van der Waals surface area contributed by atoms with Crippen LogP contribution in [-0.4, -0.2) is 59.9 Å². The van der Waals surface area contributed by atoms with Gasteiger partial charge in [-0.15, -0.1) is 0 Å². The van der Waals surface area contributed by atoms with E-state index in [1.54, 1.807) is 24.3 Å². The van der Waals surface area contributed by atoms with E-state index < -0.39 is 11.9 Å². The van der Waals surface area contributed by atoms with Gasteiger partial charge in [-0.05, 0) is 12.1 Å². The molecule has 2 saturated heterocycles. The van der Waals surface area contributed by atoms with Gasteiger partial charge in [0.25, 0.3) is 5.91 Å². The number of carbonyl (C=O) groups excluding carboxylic acids is 3. The van der Waals surface area contributed by atoms with Gasteiger partial charge in [0.2, 0.25) is 11.8 Å². The predicted octanol–water partition coefficient (Wildman–Crippen LogP) is -0.304. The van der Waals surface area contributed by atoms with Gasteiger partial charge in [0.1, 0.15) is 0 Å². The van der Waals surface area contributed by atoms with Gasteiger partial charge in [0, 0.05) is 26.1 Å². The van der Waals surface area contributed by atoms with Crippen LogP contribution in [0.3, 0.4) is 0 Å². The third kappa shape index (κ3) is 2.94. The minimum Gasteiger partial charge on any atom is -0.481 e. The van der Waals surface area contributed by atoms with Crippen molar-refractivity contribution in [2.24, 2.45) is 5.92 Å². The summed E-state index contributed by atoms with van der Waals surface area (Å²) in [5, 5.41) is 11.8. The Hall–Kier alpha value is -2.90. The molecule has 0 radical (unpaired) electrons. The standard InChI is InChI=1S/C16H17N3O5/c20-13-9-18(6-5-17-13)15(22)11-3-1-2-4-12(11)19-8-10(16(23)24)7-14(19)21/h1-4,10H,5-9H2,(H,17,20)(H,23,24)/t10-/m0/s1. The first-order valence-electron chi connectivity index (χ1n) is 7.65. The van der Waals surface area contributed by atoms with E-state index in [-0.39, 0.29) is 37.2 Å². The molecular formula is C16H17N3O5. The first-order valence-corrected chi connectivity index (χ1v) is 7.65. The SMILES string of the molecule is O=C1CN(C(=O)c2ccccc2N2C[C@@H](C(=O)O)CC2=O)CCN1. The molecular weight excluding hydrogens is 314 g/mol. The van der Waals surface area contributed by atoms with Crippen molar-refractivity contribution in [1.29, 1.82) is 0 Å². The fourth-order valence-electron chi connectivity index (χ4n) is 2.98. The molecule has 2 aliphatic rings. The number of rotatable bonds is 3. The van der Waals surface area contributed by atoms with Crippen molar-refractivity contribution in [2.45, 2.75) is 6.42 Å². The van der Waals surface area contributed by atoms with Crippen molar-refractivity contribution in [1.82, 2.24) is 10.2 Å². The normalized spacial score (nSPS) is 20.9. The lowest BCUT2D eigenvalue weighted by molar-refractivity contribution is -0.141. The molecule has 0 unspecified atom stereocenters. The number of aliphatic carboxylic acids is 1. The van der Waals surface area contributed by atoms with Crippen LogP contribution in [0.5, 0.6) is 0 Å². The Bertz CT molecular complexity index is 717. The Morgan fingerprint density at radius 1 is 1.21 bits per heavy atom. The number of piperazine rings is 1. The number of anilines is 1. The lowest BCUT2D eigenvalue weighted by atomic mass is 10.1. The lowest BCUT2D eigenvalue weighted by Crippen LogP contribution is -2.50. The van der Waals surface area contributed by atoms with Gasteiger partial charge < -0.3 is 20.2 Å². The van der Waals surface area contributed by atoms with Gasteiger partial charge in [-0.2, -0.15) is 0 Å². The van der Waals surface area contributed by atoms with E-state index in [1.807, 2.05) is 0 Å². The molecule has 8 nitrogen and oxygen atoms in total. The lowest BCUT2D eigenvalue weighted by Gasteiger charge is -2.28. The van der Waals surface area contributed by atoms with E-state index in [0.29, 0.717) is 24.3 Å². The van der Waals surface area contributed by atoms with Gasteiger partial charge in [0.05, 0.1) is 23.7 Å². The number of carboxylic acid groups (broad SMARTS) is 1. The second-order valence-corrected chi connectivity index (χ2v) is 5.84. The third-order valence-electron chi connectivity index (χ3n) is 4.23. The van der Waals surface area contributed by atoms with Gasteiger partial charge in [-0.3, -0.25) is 19.2 Å². The summed E-state index contributed by atoms with van der Waals surface area (Å²) in [6, 6.07) is 6.58. The van der Waals surface area contributed by atoms with Crippen molar-refractivity contribution >= 4 is 29.4 Å². The molecule has 8 heteroatoms. The zero-order valence-corrected chi connectivity index (χ0v) is 12.9. The molecule has 0 bridgehead atoms. The van der Waals surface area contributed by atoms with E-state index in [9.17, 15) is 19.2 Å². The number of carbonyl (C=O) groups is 4. The Balaban J connectivity index is 1.88. The van der Waals surface area contributed by atoms with Gasteiger partial charge in [-0.25, -0.2) is 0 Å². The van der Waals surface area contributed by atoms with Crippen LogP contribution in [0, 0.1) is 5.92 Å². The smallest absolute Gasteiger partial charge is 0.308 e. The van der Waals surface area contributed by atoms with Crippen LogP contribution in [0.1, 0.15) is 16.8 Å². The largest absolute Gasteiger partial charge is 0.481 e. The number of carboxylic acids is 1. The Morgan fingerprint density at radius 3 is 2.62 bits per heavy atom. The van der Waals surface area contributed by atoms with Crippen LogP contribution >= 0.6 is 0 Å². The highest BCUT2D eigenvalue weighted by Crippen LogP contribution is 2.29. The second kappa shape index (κ2) is 6.31. The van der Waals surface area contributed by atoms with Crippen LogP contribution in [0.15, 0.2) is 24.3 Å². The average molecular weight is 331 g/mol. The summed E-state index contributed by atoms with van der Waals surface area (Å²) in [5.41, 5.74) is 0.689. The third-order valence-corrected chi connectivity index (χ3v) is 4.23. The number of benzene rings is 1. The summed E-state index contributed by atoms with van der Waals surface area (Å²) in [5.74, 6) is -2.69. The Morgan fingerprint density at radius 2 is 1.96 bits per heavy atom. The summed E-state index contributed by atoms with van der Waals surface area (Å²) >= 11 is 0. The summed E-state index contributed by atoms with van der Waals surface area (Å²) < 4.78 is 0. The van der Waals surface area contributed by atoms with Crippen molar-refractivity contribution in [3.8, 4) is 0 Å². The van der Waals surface area contributed by atoms with Gasteiger partial charge in [-0.1, -0.05) is 12.1 Å². The number of para-hydroxylation sites is 1. The van der Waals surface area contributed by atoms with Crippen LogP contribution in [0.4, 0.5) is 5.69 Å². The minimum absolute atomic E-state index is 0.0289. The van der Waals surface area contributed by atoms with E-state index in [2.05, 4.69) is 5.32 Å². The van der Waals surface area contributed by atoms with E-state index in [0.717, 1.165) is 0 Å². The topological polar surface area (TPSA) is 107 Å². The minimum atomic E-state index is -1.03. The molecule has 3 amide bonds. The maximum Gasteiger partial charge on any atom is 0.308 e. The molecule has 2 N–H and O–H groups in total. The first kappa shape index (κ1) is 16.0. The van der Waals surface area contributed by atoms with Gasteiger partial charge >= 0.3 is 5.97 Å². The Labute approximate surface area is 138 Å². The molecule has 0 saturated carbocycles. The highest BCUT2D eigenvalue weighted by Gasteiger charge is 2.37. The van der Waals surface area contributed by atoms with Crippen molar-refractivity contribution < 1.29 is 24.3 Å². The molecule has 1 aromatic rings. The summed E-state index contributed by atoms with van der Waals surface area (Å²) in [6.45, 7) is 0.791. The maximum atomic E-state index is 12.7. The zero-order valence-electron chi connectivity index (χ0n) is 12.9. The van der Waals surface area contributed by atoms with Crippen LogP contribution in [0.25, 0.3) is 0 Å². The molecule has 0 aliphatic carbocycles. The average Bonchev–Trinajstić information content (AvgIpc) is 2.96. The molecule has 1 atom stereocenters. The molecule has 2 aliphatic heterocycles. The van der Waals surface area contributed by atoms with E-state index >= 15 is 0 Å². The second-order valence-electron chi connectivity index (χ2n) is 5.84. The predicted molar refractivity (Wildman–Crippen MR) is 83.5 cm³/mol. The summed E-state index contributed by atoms with van der Waals surface area (Å²) in [7, 11) is 0. The quantitative estimate of drug-likeness (QED) is 0.790. The van der Waals surface area contributed by atoms with Crippen LogP contribution < -0.4 is 10.2 Å². The van der Waals surface area contributed by atoms with Crippen LogP contribution in [0.2, 0.25) is 0 Å². The molecule has 3 rings (SSSR count). The fraction of sp³-hybridized carbons (Fsp3) is 0.375. The number of nitrogens with one attached hydrogen (secondary N) is 1. The summed E-state index contributed by atoms with van der Waals surface area (Å²) in [6.07, 6.45) is -0.0794. The monoisotopic (exact) mass is 331 g/mol. The zero-order chi connectivity index (χ0) is 17.3. The van der Waals surface area contributed by atoms with E-state index in [4.69, 9.17) is 5.11 Å². The molecule has 2 heterocycles. The number of hydrogen-bond acceptors (Lipinski definition) is 4. The number of nitrogens with zero attached hydrogens (tertiary/aromatic N) is 2.